The van der Waals surface area contributed by atoms with Crippen molar-refractivity contribution in [3.63, 3.8) is 0 Å². The Kier molecular flexibility index (Phi) is 6.93. The van der Waals surface area contributed by atoms with E-state index in [-0.39, 0.29) is 17.7 Å². The molecule has 1 atom stereocenters. The molecule has 3 N–H and O–H groups in total. The van der Waals surface area contributed by atoms with Crippen LogP contribution in [0.1, 0.15) is 29.6 Å². The molecular formula is C18H21BrClN5O3. The molecule has 0 aliphatic carbocycles. The molecule has 0 unspecified atom stereocenters. The number of aromatic nitrogens is 2. The van der Waals surface area contributed by atoms with E-state index < -0.39 is 12.0 Å². The van der Waals surface area contributed by atoms with Gasteiger partial charge in [0.15, 0.2) is 0 Å². The molecule has 3 rings (SSSR count). The number of likely N-dealkylation sites (N-methyl/N-ethyl adjacent to an activating group) is 1. The number of rotatable bonds is 4. The van der Waals surface area contributed by atoms with Crippen molar-refractivity contribution in [3.05, 3.63) is 39.3 Å². The highest BCUT2D eigenvalue weighted by atomic mass is 79.9. The number of carbonyl (C=O) groups excluding carboxylic acids is 2. The SMILES string of the molecule is CN1CCCC[C@@H](NC(=O)Oc2n[nH]c(NC(=O)c3ccccc3Cl)c2Br)C1. The Morgan fingerprint density at radius 1 is 1.36 bits per heavy atom. The Morgan fingerprint density at radius 2 is 2.14 bits per heavy atom. The fourth-order valence-corrected chi connectivity index (χ4v) is 3.60. The third-order valence-corrected chi connectivity index (χ3v) is 5.48. The van der Waals surface area contributed by atoms with E-state index in [1.54, 1.807) is 24.3 Å². The van der Waals surface area contributed by atoms with Gasteiger partial charge >= 0.3 is 6.09 Å². The van der Waals surface area contributed by atoms with Crippen LogP contribution in [0.25, 0.3) is 0 Å². The zero-order valence-electron chi connectivity index (χ0n) is 15.3. The first-order valence-electron chi connectivity index (χ1n) is 8.90. The molecule has 1 aliphatic rings. The standard InChI is InChI=1S/C18H21BrClN5O3/c1-25-9-5-4-6-11(10-25)21-18(27)28-17-14(19)15(23-24-17)22-16(26)12-7-2-3-8-13(12)20/h2-3,7-8,11H,4-6,9-10H2,1H3,(H,21,27)(H2,22,23,24,26)/t11-/m1/s1. The number of anilines is 1. The van der Waals surface area contributed by atoms with Crippen molar-refractivity contribution in [2.75, 3.05) is 25.5 Å². The number of nitrogens with zero attached hydrogens (tertiary/aromatic N) is 2. The van der Waals surface area contributed by atoms with Gasteiger partial charge < -0.3 is 20.3 Å². The van der Waals surface area contributed by atoms with Gasteiger partial charge in [0.25, 0.3) is 11.8 Å². The number of halogens is 2. The van der Waals surface area contributed by atoms with Crippen molar-refractivity contribution in [2.45, 2.75) is 25.3 Å². The lowest BCUT2D eigenvalue weighted by Crippen LogP contribution is -2.42. The van der Waals surface area contributed by atoms with Gasteiger partial charge in [-0.25, -0.2) is 4.79 Å². The zero-order valence-corrected chi connectivity index (χ0v) is 17.6. The van der Waals surface area contributed by atoms with Crippen molar-refractivity contribution in [2.24, 2.45) is 0 Å². The van der Waals surface area contributed by atoms with Crippen LogP contribution in [0, 0.1) is 0 Å². The van der Waals surface area contributed by atoms with Crippen LogP contribution in [-0.4, -0.2) is 53.3 Å². The third kappa shape index (κ3) is 5.24. The largest absolute Gasteiger partial charge is 0.414 e. The van der Waals surface area contributed by atoms with Crippen LogP contribution < -0.4 is 15.4 Å². The fourth-order valence-electron chi connectivity index (χ4n) is 3.02. The van der Waals surface area contributed by atoms with E-state index in [1.165, 1.54) is 0 Å². The molecule has 0 saturated carbocycles. The number of benzene rings is 1. The molecule has 0 spiro atoms. The Balaban J connectivity index is 1.60. The topological polar surface area (TPSA) is 99.3 Å². The van der Waals surface area contributed by atoms with E-state index in [4.69, 9.17) is 16.3 Å². The Labute approximate surface area is 176 Å². The van der Waals surface area contributed by atoms with Crippen LogP contribution in [0.2, 0.25) is 5.02 Å². The lowest BCUT2D eigenvalue weighted by Gasteiger charge is -2.20. The average Bonchev–Trinajstić information content (AvgIpc) is 2.85. The normalized spacial score (nSPS) is 17.6. The van der Waals surface area contributed by atoms with E-state index in [1.807, 2.05) is 7.05 Å². The number of aromatic amines is 1. The highest BCUT2D eigenvalue weighted by Crippen LogP contribution is 2.30. The fraction of sp³-hybridized carbons (Fsp3) is 0.389. The van der Waals surface area contributed by atoms with Gasteiger partial charge in [0.2, 0.25) is 0 Å². The summed E-state index contributed by atoms with van der Waals surface area (Å²) in [5.41, 5.74) is 0.323. The molecule has 1 aliphatic heterocycles. The number of carbonyl (C=O) groups is 2. The predicted octanol–water partition coefficient (Wildman–Crippen LogP) is 3.65. The van der Waals surface area contributed by atoms with E-state index in [2.05, 4.69) is 41.7 Å². The van der Waals surface area contributed by atoms with Crippen LogP contribution in [0.5, 0.6) is 5.88 Å². The Bertz CT molecular complexity index is 859. The molecule has 2 aromatic rings. The summed E-state index contributed by atoms with van der Waals surface area (Å²) in [5.74, 6) is -0.108. The highest BCUT2D eigenvalue weighted by molar-refractivity contribution is 9.10. The second kappa shape index (κ2) is 9.40. The Morgan fingerprint density at radius 3 is 2.93 bits per heavy atom. The van der Waals surface area contributed by atoms with E-state index in [0.717, 1.165) is 32.4 Å². The van der Waals surface area contributed by atoms with Gasteiger partial charge in [0, 0.05) is 12.6 Å². The first-order valence-corrected chi connectivity index (χ1v) is 10.1. The third-order valence-electron chi connectivity index (χ3n) is 4.42. The predicted molar refractivity (Wildman–Crippen MR) is 110 cm³/mol. The van der Waals surface area contributed by atoms with E-state index >= 15 is 0 Å². The quantitative estimate of drug-likeness (QED) is 0.633. The first kappa shape index (κ1) is 20.6. The number of hydrogen-bond acceptors (Lipinski definition) is 5. The molecule has 8 nitrogen and oxygen atoms in total. The molecule has 0 radical (unpaired) electrons. The molecule has 1 saturated heterocycles. The van der Waals surface area contributed by atoms with Gasteiger partial charge in [-0.15, -0.1) is 5.10 Å². The number of hydrogen-bond donors (Lipinski definition) is 3. The summed E-state index contributed by atoms with van der Waals surface area (Å²) in [5, 5.41) is 12.4. The molecule has 2 amide bonds. The summed E-state index contributed by atoms with van der Waals surface area (Å²) < 4.78 is 5.61. The average molecular weight is 471 g/mol. The van der Waals surface area contributed by atoms with Gasteiger partial charge in [-0.2, -0.15) is 0 Å². The lowest BCUT2D eigenvalue weighted by atomic mass is 10.1. The summed E-state index contributed by atoms with van der Waals surface area (Å²) >= 11 is 9.33. The van der Waals surface area contributed by atoms with Gasteiger partial charge in [0.1, 0.15) is 10.3 Å². The van der Waals surface area contributed by atoms with Crippen LogP contribution in [0.15, 0.2) is 28.7 Å². The summed E-state index contributed by atoms with van der Waals surface area (Å²) in [6, 6.07) is 6.71. The van der Waals surface area contributed by atoms with Gasteiger partial charge in [0.05, 0.1) is 10.6 Å². The minimum absolute atomic E-state index is 0.0251. The van der Waals surface area contributed by atoms with Gasteiger partial charge in [-0.1, -0.05) is 30.2 Å². The molecule has 1 fully saturated rings. The summed E-state index contributed by atoms with van der Waals surface area (Å²) in [7, 11) is 2.03. The van der Waals surface area contributed by atoms with Crippen LogP contribution in [0.3, 0.4) is 0 Å². The van der Waals surface area contributed by atoms with Crippen LogP contribution >= 0.6 is 27.5 Å². The maximum Gasteiger partial charge on any atom is 0.414 e. The van der Waals surface area contributed by atoms with Crippen molar-refractivity contribution in [1.82, 2.24) is 20.4 Å². The molecular weight excluding hydrogens is 450 g/mol. The van der Waals surface area contributed by atoms with Gasteiger partial charge in [-0.05, 0) is 54.5 Å². The maximum atomic E-state index is 12.4. The van der Waals surface area contributed by atoms with E-state index in [0.29, 0.717) is 15.1 Å². The number of likely N-dealkylation sites (tertiary alicyclic amines) is 1. The van der Waals surface area contributed by atoms with Crippen molar-refractivity contribution in [1.29, 1.82) is 0 Å². The van der Waals surface area contributed by atoms with Crippen molar-refractivity contribution in [3.8, 4) is 5.88 Å². The summed E-state index contributed by atoms with van der Waals surface area (Å²) in [6.07, 6.45) is 2.49. The smallest absolute Gasteiger partial charge is 0.388 e. The van der Waals surface area contributed by atoms with Crippen LogP contribution in [0.4, 0.5) is 10.6 Å². The minimum atomic E-state index is -0.587. The molecule has 1 aromatic carbocycles. The van der Waals surface area contributed by atoms with Crippen molar-refractivity contribution < 1.29 is 14.3 Å². The Hall–Kier alpha value is -2.10. The monoisotopic (exact) mass is 469 g/mol. The molecule has 1 aromatic heterocycles. The zero-order chi connectivity index (χ0) is 20.1. The number of amides is 2. The summed E-state index contributed by atoms with van der Waals surface area (Å²) in [6.45, 7) is 1.79. The molecule has 10 heteroatoms. The maximum absolute atomic E-state index is 12.4. The molecule has 28 heavy (non-hydrogen) atoms. The number of nitrogens with one attached hydrogen (secondary N) is 3. The lowest BCUT2D eigenvalue weighted by molar-refractivity contribution is 0.102. The minimum Gasteiger partial charge on any atom is -0.388 e. The molecule has 2 heterocycles. The van der Waals surface area contributed by atoms with E-state index in [9.17, 15) is 9.59 Å². The number of H-pyrrole nitrogens is 1. The highest BCUT2D eigenvalue weighted by Gasteiger charge is 2.22. The molecule has 150 valence electrons. The first-order chi connectivity index (χ1) is 13.4. The summed E-state index contributed by atoms with van der Waals surface area (Å²) in [4.78, 5) is 26.8. The second-order valence-electron chi connectivity index (χ2n) is 6.64. The van der Waals surface area contributed by atoms with Crippen LogP contribution in [-0.2, 0) is 0 Å². The van der Waals surface area contributed by atoms with Crippen molar-refractivity contribution >= 4 is 45.3 Å². The molecule has 0 bridgehead atoms. The van der Waals surface area contributed by atoms with Gasteiger partial charge in [-0.3, -0.25) is 9.89 Å². The number of ether oxygens (including phenoxy) is 1. The second-order valence-corrected chi connectivity index (χ2v) is 7.84.